The summed E-state index contributed by atoms with van der Waals surface area (Å²) in [5.74, 6) is -2.66. The van der Waals surface area contributed by atoms with Crippen molar-refractivity contribution in [2.75, 3.05) is 6.54 Å². The third kappa shape index (κ3) is 5.31. The molecule has 0 saturated heterocycles. The maximum absolute atomic E-state index is 13.4. The van der Waals surface area contributed by atoms with E-state index in [1.54, 1.807) is 0 Å². The number of fused-ring (bicyclic) bond motifs is 3. The van der Waals surface area contributed by atoms with Crippen molar-refractivity contribution < 1.29 is 27.9 Å². The number of para-hydroxylation sites is 1. The molecule has 0 aliphatic carbocycles. The Kier molecular flexibility index (Phi) is 6.78. The summed E-state index contributed by atoms with van der Waals surface area (Å²) in [5, 5.41) is 8.26. The first-order valence-electron chi connectivity index (χ1n) is 12.1. The normalized spacial score (nSPS) is 12.9. The van der Waals surface area contributed by atoms with Gasteiger partial charge in [-0.05, 0) is 41.0 Å². The number of hydrogen-bond acceptors (Lipinski definition) is 4. The Balaban J connectivity index is 0.000000392. The summed E-state index contributed by atoms with van der Waals surface area (Å²) in [5.41, 5.74) is 7.96. The lowest BCUT2D eigenvalue weighted by Gasteiger charge is -2.15. The predicted molar refractivity (Wildman–Crippen MR) is 140 cm³/mol. The number of carboxylic acid groups (broad SMARTS) is 1. The minimum Gasteiger partial charge on any atom is -0.475 e. The Morgan fingerprint density at radius 3 is 2.54 bits per heavy atom. The average molecular weight is 533 g/mol. The topological polar surface area (TPSA) is 88.3 Å². The van der Waals surface area contributed by atoms with Crippen molar-refractivity contribution in [3.8, 4) is 11.1 Å². The summed E-state index contributed by atoms with van der Waals surface area (Å²) < 4.78 is 33.7. The number of hydrogen-bond donors (Lipinski definition) is 1. The SMILES string of the molecule is Cn1cnc2ccc(-c3cccc4c3C(=O)N(CCc3ccc5ccccc5n3)C4)cc21.O=C(O)C(F)(F)F. The van der Waals surface area contributed by atoms with Crippen LogP contribution in [-0.4, -0.2) is 49.1 Å². The standard InChI is InChI=1S/C27H22N4O.C2HF3O2/c1-30-17-28-24-12-10-19(15-25(24)30)22-7-4-6-20-16-31(27(32)26(20)22)14-13-21-11-9-18-5-2-3-8-23(18)29-21;3-2(4,5)1(6)7/h2-12,15,17H,13-14,16H2,1H3;(H,6,7). The van der Waals surface area contributed by atoms with Crippen LogP contribution in [0.3, 0.4) is 0 Å². The highest BCUT2D eigenvalue weighted by molar-refractivity contribution is 6.05. The van der Waals surface area contributed by atoms with Crippen molar-refractivity contribution in [2.24, 2.45) is 7.05 Å². The second kappa shape index (κ2) is 10.2. The Morgan fingerprint density at radius 2 is 1.77 bits per heavy atom. The lowest BCUT2D eigenvalue weighted by molar-refractivity contribution is -0.192. The molecule has 1 N–H and O–H groups in total. The number of amides is 1. The minimum absolute atomic E-state index is 0.0986. The van der Waals surface area contributed by atoms with Gasteiger partial charge in [0, 0.05) is 37.6 Å². The summed E-state index contributed by atoms with van der Waals surface area (Å²) >= 11 is 0. The molecule has 1 amide bonds. The molecule has 10 heteroatoms. The maximum atomic E-state index is 13.4. The molecule has 3 heterocycles. The van der Waals surface area contributed by atoms with Crippen LogP contribution in [0.2, 0.25) is 0 Å². The largest absolute Gasteiger partial charge is 0.490 e. The third-order valence-electron chi connectivity index (χ3n) is 6.59. The van der Waals surface area contributed by atoms with E-state index in [-0.39, 0.29) is 5.91 Å². The van der Waals surface area contributed by atoms with Gasteiger partial charge < -0.3 is 14.6 Å². The van der Waals surface area contributed by atoms with E-state index in [1.165, 1.54) is 0 Å². The van der Waals surface area contributed by atoms with Crippen LogP contribution in [-0.2, 0) is 24.8 Å². The van der Waals surface area contributed by atoms with Gasteiger partial charge >= 0.3 is 12.1 Å². The summed E-state index contributed by atoms with van der Waals surface area (Å²) in [7, 11) is 1.99. The number of aliphatic carboxylic acids is 1. The molecule has 5 aromatic rings. The fourth-order valence-electron chi connectivity index (χ4n) is 4.63. The first-order valence-corrected chi connectivity index (χ1v) is 12.1. The quantitative estimate of drug-likeness (QED) is 0.325. The number of aryl methyl sites for hydroxylation is 1. The van der Waals surface area contributed by atoms with Crippen LogP contribution in [0.4, 0.5) is 13.2 Å². The number of benzene rings is 3. The molecule has 2 aromatic heterocycles. The molecule has 0 bridgehead atoms. The molecule has 0 atom stereocenters. The second-order valence-electron chi connectivity index (χ2n) is 9.17. The van der Waals surface area contributed by atoms with E-state index < -0.39 is 12.1 Å². The number of carbonyl (C=O) groups is 2. The zero-order chi connectivity index (χ0) is 27.7. The molecular formula is C29H23F3N4O3. The minimum atomic E-state index is -5.08. The summed E-state index contributed by atoms with van der Waals surface area (Å²) in [6.07, 6.45) is -2.53. The molecular weight excluding hydrogens is 509 g/mol. The number of pyridine rings is 1. The molecule has 0 fully saturated rings. The second-order valence-corrected chi connectivity index (χ2v) is 9.17. The number of carbonyl (C=O) groups excluding carboxylic acids is 1. The fraction of sp³-hybridized carbons (Fsp3) is 0.172. The van der Waals surface area contributed by atoms with Gasteiger partial charge in [0.05, 0.1) is 28.4 Å². The zero-order valence-electron chi connectivity index (χ0n) is 20.8. The molecule has 39 heavy (non-hydrogen) atoms. The highest BCUT2D eigenvalue weighted by atomic mass is 19.4. The number of alkyl halides is 3. The van der Waals surface area contributed by atoms with E-state index >= 15 is 0 Å². The van der Waals surface area contributed by atoms with Gasteiger partial charge in [-0.15, -0.1) is 0 Å². The Morgan fingerprint density at radius 1 is 1.00 bits per heavy atom. The van der Waals surface area contributed by atoms with Gasteiger partial charge in [-0.25, -0.2) is 9.78 Å². The van der Waals surface area contributed by atoms with E-state index in [9.17, 15) is 18.0 Å². The van der Waals surface area contributed by atoms with Crippen LogP contribution >= 0.6 is 0 Å². The summed E-state index contributed by atoms with van der Waals surface area (Å²) in [6.45, 7) is 1.29. The van der Waals surface area contributed by atoms with Crippen LogP contribution in [0.15, 0.2) is 79.1 Å². The number of halogens is 3. The van der Waals surface area contributed by atoms with Crippen molar-refractivity contribution in [3.63, 3.8) is 0 Å². The Bertz CT molecular complexity index is 1710. The van der Waals surface area contributed by atoms with Crippen molar-refractivity contribution in [1.29, 1.82) is 0 Å². The van der Waals surface area contributed by atoms with Gasteiger partial charge in [0.1, 0.15) is 0 Å². The monoisotopic (exact) mass is 532 g/mol. The molecule has 3 aromatic carbocycles. The van der Waals surface area contributed by atoms with E-state index in [0.717, 1.165) is 56.3 Å². The first kappa shape index (κ1) is 25.9. The van der Waals surface area contributed by atoms with Crippen LogP contribution < -0.4 is 0 Å². The van der Waals surface area contributed by atoms with E-state index in [0.29, 0.717) is 13.1 Å². The highest BCUT2D eigenvalue weighted by Crippen LogP contribution is 2.34. The maximum Gasteiger partial charge on any atom is 0.490 e. The molecule has 0 radical (unpaired) electrons. The molecule has 0 saturated carbocycles. The molecule has 198 valence electrons. The van der Waals surface area contributed by atoms with Gasteiger partial charge in [0.2, 0.25) is 0 Å². The average Bonchev–Trinajstić information content (AvgIpc) is 3.46. The number of aromatic nitrogens is 3. The zero-order valence-corrected chi connectivity index (χ0v) is 20.8. The number of rotatable bonds is 4. The summed E-state index contributed by atoms with van der Waals surface area (Å²) in [6, 6.07) is 24.6. The van der Waals surface area contributed by atoms with Gasteiger partial charge in [-0.3, -0.25) is 9.78 Å². The Labute approximate surface area is 221 Å². The molecule has 1 aliphatic rings. The lowest BCUT2D eigenvalue weighted by Crippen LogP contribution is -2.26. The van der Waals surface area contributed by atoms with Crippen LogP contribution in [0.5, 0.6) is 0 Å². The molecule has 0 spiro atoms. The van der Waals surface area contributed by atoms with Crippen molar-refractivity contribution in [2.45, 2.75) is 19.1 Å². The van der Waals surface area contributed by atoms with Gasteiger partial charge in [0.15, 0.2) is 0 Å². The molecule has 1 aliphatic heterocycles. The Hall–Kier alpha value is -4.73. The van der Waals surface area contributed by atoms with E-state index in [2.05, 4.69) is 41.4 Å². The van der Waals surface area contributed by atoms with Crippen LogP contribution in [0.25, 0.3) is 33.1 Å². The third-order valence-corrected chi connectivity index (χ3v) is 6.59. The van der Waals surface area contributed by atoms with Crippen molar-refractivity contribution in [3.05, 3.63) is 95.9 Å². The fourth-order valence-corrected chi connectivity index (χ4v) is 4.63. The van der Waals surface area contributed by atoms with Gasteiger partial charge in [0.25, 0.3) is 5.91 Å². The highest BCUT2D eigenvalue weighted by Gasteiger charge is 2.38. The molecule has 7 nitrogen and oxygen atoms in total. The number of carboxylic acids is 1. The predicted octanol–water partition coefficient (Wildman–Crippen LogP) is 5.62. The first-order chi connectivity index (χ1) is 18.6. The van der Waals surface area contributed by atoms with Gasteiger partial charge in [-0.2, -0.15) is 13.2 Å². The lowest BCUT2D eigenvalue weighted by atomic mass is 9.96. The summed E-state index contributed by atoms with van der Waals surface area (Å²) in [4.78, 5) is 33.4. The number of nitrogens with zero attached hydrogens (tertiary/aromatic N) is 4. The van der Waals surface area contributed by atoms with Gasteiger partial charge in [-0.1, -0.05) is 48.5 Å². The van der Waals surface area contributed by atoms with E-state index in [4.69, 9.17) is 14.9 Å². The molecule has 0 unspecified atom stereocenters. The number of imidazole rings is 1. The molecule has 6 rings (SSSR count). The van der Waals surface area contributed by atoms with Crippen LogP contribution in [0, 0.1) is 0 Å². The van der Waals surface area contributed by atoms with Crippen LogP contribution in [0.1, 0.15) is 21.6 Å². The van der Waals surface area contributed by atoms with Crippen molar-refractivity contribution >= 4 is 33.8 Å². The smallest absolute Gasteiger partial charge is 0.475 e. The van der Waals surface area contributed by atoms with Crippen molar-refractivity contribution in [1.82, 2.24) is 19.4 Å². The van der Waals surface area contributed by atoms with E-state index in [1.807, 2.05) is 59.2 Å².